The average molecular weight is 430 g/mol. The van der Waals surface area contributed by atoms with Crippen LogP contribution in [-0.4, -0.2) is 25.9 Å². The van der Waals surface area contributed by atoms with Crippen LogP contribution in [0.1, 0.15) is 47.3 Å². The number of carbonyl (C=O) groups is 1. The van der Waals surface area contributed by atoms with Crippen molar-refractivity contribution in [1.29, 1.82) is 0 Å². The molecule has 2 aromatic carbocycles. The van der Waals surface area contributed by atoms with Crippen molar-refractivity contribution in [3.05, 3.63) is 99.8 Å². The lowest BCUT2D eigenvalue weighted by molar-refractivity contribution is 0.0419. The van der Waals surface area contributed by atoms with Crippen LogP contribution in [-0.2, 0) is 17.9 Å². The molecule has 2 heterocycles. The zero-order chi connectivity index (χ0) is 22.5. The standard InChI is InChI=1S/C24H22N4O4/c1-16(2)18-8-10-19(11-9-18)23-25-21(32-27-23)15-31-24(30)20-12-13-22(29)28(26-20)14-17-6-4-3-5-7-17/h3-13,16H,14-15H2,1-2H3. The van der Waals surface area contributed by atoms with Crippen LogP contribution in [0.2, 0.25) is 0 Å². The highest BCUT2D eigenvalue weighted by molar-refractivity contribution is 5.86. The van der Waals surface area contributed by atoms with Crippen molar-refractivity contribution >= 4 is 5.97 Å². The predicted octanol–water partition coefficient (Wildman–Crippen LogP) is 3.82. The van der Waals surface area contributed by atoms with Crippen LogP contribution < -0.4 is 5.56 Å². The Kier molecular flexibility index (Phi) is 6.21. The minimum atomic E-state index is -0.687. The molecule has 4 rings (SSSR count). The van der Waals surface area contributed by atoms with Crippen molar-refractivity contribution < 1.29 is 14.1 Å². The van der Waals surface area contributed by atoms with Crippen LogP contribution in [0, 0.1) is 0 Å². The van der Waals surface area contributed by atoms with Gasteiger partial charge in [-0.25, -0.2) is 9.48 Å². The van der Waals surface area contributed by atoms with Crippen molar-refractivity contribution in [3.63, 3.8) is 0 Å². The lowest BCUT2D eigenvalue weighted by Gasteiger charge is -2.06. The van der Waals surface area contributed by atoms with Gasteiger partial charge < -0.3 is 9.26 Å². The van der Waals surface area contributed by atoms with Gasteiger partial charge in [-0.2, -0.15) is 10.1 Å². The molecule has 8 heteroatoms. The highest BCUT2D eigenvalue weighted by atomic mass is 16.6. The summed E-state index contributed by atoms with van der Waals surface area (Å²) in [4.78, 5) is 28.8. The summed E-state index contributed by atoms with van der Waals surface area (Å²) in [5.41, 5.74) is 2.63. The summed E-state index contributed by atoms with van der Waals surface area (Å²) in [7, 11) is 0. The molecule has 0 spiro atoms. The Hall–Kier alpha value is -4.07. The van der Waals surface area contributed by atoms with E-state index in [1.807, 2.05) is 54.6 Å². The number of benzene rings is 2. The van der Waals surface area contributed by atoms with Crippen molar-refractivity contribution in [2.75, 3.05) is 0 Å². The van der Waals surface area contributed by atoms with E-state index < -0.39 is 5.97 Å². The van der Waals surface area contributed by atoms with Crippen LogP contribution >= 0.6 is 0 Å². The maximum absolute atomic E-state index is 12.4. The van der Waals surface area contributed by atoms with Crippen LogP contribution in [0.15, 0.2) is 76.0 Å². The first-order valence-corrected chi connectivity index (χ1v) is 10.2. The molecule has 4 aromatic rings. The molecular formula is C24H22N4O4. The van der Waals surface area contributed by atoms with E-state index in [9.17, 15) is 9.59 Å². The normalized spacial score (nSPS) is 11.0. The quantitative estimate of drug-likeness (QED) is 0.411. The van der Waals surface area contributed by atoms with E-state index in [0.29, 0.717) is 11.7 Å². The number of aromatic nitrogens is 4. The Morgan fingerprint density at radius 2 is 1.78 bits per heavy atom. The molecule has 8 nitrogen and oxygen atoms in total. The fourth-order valence-corrected chi connectivity index (χ4v) is 3.08. The van der Waals surface area contributed by atoms with E-state index in [1.54, 1.807) is 0 Å². The van der Waals surface area contributed by atoms with Crippen LogP contribution in [0.3, 0.4) is 0 Å². The smallest absolute Gasteiger partial charge is 0.359 e. The topological polar surface area (TPSA) is 100 Å². The minimum absolute atomic E-state index is 0.0181. The zero-order valence-corrected chi connectivity index (χ0v) is 17.8. The van der Waals surface area contributed by atoms with E-state index in [-0.39, 0.29) is 30.3 Å². The fourth-order valence-electron chi connectivity index (χ4n) is 3.08. The first-order valence-electron chi connectivity index (χ1n) is 10.2. The van der Waals surface area contributed by atoms with Crippen molar-refractivity contribution in [1.82, 2.24) is 19.9 Å². The summed E-state index contributed by atoms with van der Waals surface area (Å²) in [6.45, 7) is 4.30. The molecule has 0 aliphatic rings. The Bertz CT molecular complexity index is 1260. The van der Waals surface area contributed by atoms with Crippen molar-refractivity contribution in [3.8, 4) is 11.4 Å². The van der Waals surface area contributed by atoms with E-state index >= 15 is 0 Å². The van der Waals surface area contributed by atoms with E-state index in [1.165, 1.54) is 22.4 Å². The van der Waals surface area contributed by atoms with Crippen LogP contribution in [0.25, 0.3) is 11.4 Å². The second kappa shape index (κ2) is 9.38. The van der Waals surface area contributed by atoms with Crippen LogP contribution in [0.5, 0.6) is 0 Å². The van der Waals surface area contributed by atoms with E-state index in [0.717, 1.165) is 11.1 Å². The van der Waals surface area contributed by atoms with Crippen LogP contribution in [0.4, 0.5) is 0 Å². The lowest BCUT2D eigenvalue weighted by atomic mass is 10.0. The molecule has 0 aliphatic heterocycles. The number of rotatable bonds is 7. The van der Waals surface area contributed by atoms with Gasteiger partial charge in [0, 0.05) is 11.6 Å². The van der Waals surface area contributed by atoms with Gasteiger partial charge in [-0.15, -0.1) is 0 Å². The molecule has 0 atom stereocenters. The maximum atomic E-state index is 12.4. The third-order valence-corrected chi connectivity index (χ3v) is 4.88. The molecule has 0 unspecified atom stereocenters. The summed E-state index contributed by atoms with van der Waals surface area (Å²) in [6.07, 6.45) is 0. The highest BCUT2D eigenvalue weighted by Gasteiger charge is 2.15. The summed E-state index contributed by atoms with van der Waals surface area (Å²) < 4.78 is 11.7. The Balaban J connectivity index is 1.41. The third kappa shape index (κ3) is 4.97. The Morgan fingerprint density at radius 3 is 2.50 bits per heavy atom. The number of carbonyl (C=O) groups excluding carboxylic acids is 1. The highest BCUT2D eigenvalue weighted by Crippen LogP contribution is 2.20. The van der Waals surface area contributed by atoms with Crippen molar-refractivity contribution in [2.45, 2.75) is 32.9 Å². The molecule has 0 fully saturated rings. The summed E-state index contributed by atoms with van der Waals surface area (Å²) in [6, 6.07) is 19.9. The van der Waals surface area contributed by atoms with E-state index in [4.69, 9.17) is 9.26 Å². The summed E-state index contributed by atoms with van der Waals surface area (Å²) in [5, 5.41) is 8.06. The number of ether oxygens (including phenoxy) is 1. The van der Waals surface area contributed by atoms with Gasteiger partial charge in [-0.05, 0) is 23.1 Å². The molecule has 162 valence electrons. The molecule has 0 N–H and O–H groups in total. The number of esters is 1. The van der Waals surface area contributed by atoms with Gasteiger partial charge in [0.2, 0.25) is 5.82 Å². The monoisotopic (exact) mass is 430 g/mol. The number of nitrogens with zero attached hydrogens (tertiary/aromatic N) is 4. The molecule has 0 aliphatic carbocycles. The first kappa shape index (κ1) is 21.2. The lowest BCUT2D eigenvalue weighted by Crippen LogP contribution is -2.25. The second-order valence-electron chi connectivity index (χ2n) is 7.56. The molecule has 0 bridgehead atoms. The molecule has 32 heavy (non-hydrogen) atoms. The van der Waals surface area contributed by atoms with Gasteiger partial charge in [-0.3, -0.25) is 4.79 Å². The van der Waals surface area contributed by atoms with Gasteiger partial charge in [0.1, 0.15) is 0 Å². The summed E-state index contributed by atoms with van der Waals surface area (Å²) >= 11 is 0. The van der Waals surface area contributed by atoms with Gasteiger partial charge in [0.25, 0.3) is 11.4 Å². The first-order chi connectivity index (χ1) is 15.5. The molecular weight excluding hydrogens is 408 g/mol. The molecule has 0 saturated heterocycles. The third-order valence-electron chi connectivity index (χ3n) is 4.88. The minimum Gasteiger partial charge on any atom is -0.451 e. The van der Waals surface area contributed by atoms with Crippen molar-refractivity contribution in [2.24, 2.45) is 0 Å². The molecule has 0 amide bonds. The molecule has 0 saturated carbocycles. The van der Waals surface area contributed by atoms with Gasteiger partial charge in [0.15, 0.2) is 12.3 Å². The number of hydrogen-bond donors (Lipinski definition) is 0. The molecule has 2 aromatic heterocycles. The second-order valence-corrected chi connectivity index (χ2v) is 7.56. The number of hydrogen-bond acceptors (Lipinski definition) is 7. The Morgan fingerprint density at radius 1 is 1.03 bits per heavy atom. The SMILES string of the molecule is CC(C)c1ccc(-c2noc(COC(=O)c3ccc(=O)n(Cc4ccccc4)n3)n2)cc1. The van der Waals surface area contributed by atoms with Gasteiger partial charge >= 0.3 is 5.97 Å². The molecule has 0 radical (unpaired) electrons. The zero-order valence-electron chi connectivity index (χ0n) is 17.8. The fraction of sp³-hybridized carbons (Fsp3) is 0.208. The van der Waals surface area contributed by atoms with E-state index in [2.05, 4.69) is 29.1 Å². The average Bonchev–Trinajstić information content (AvgIpc) is 3.29. The van der Waals surface area contributed by atoms with Gasteiger partial charge in [-0.1, -0.05) is 73.6 Å². The summed E-state index contributed by atoms with van der Waals surface area (Å²) in [5.74, 6) is 0.326. The predicted molar refractivity (Wildman–Crippen MR) is 117 cm³/mol. The Labute approximate surface area is 184 Å². The largest absolute Gasteiger partial charge is 0.451 e. The van der Waals surface area contributed by atoms with Gasteiger partial charge in [0.05, 0.1) is 6.54 Å². The maximum Gasteiger partial charge on any atom is 0.359 e.